The van der Waals surface area contributed by atoms with Gasteiger partial charge in [0.15, 0.2) is 11.9 Å². The van der Waals surface area contributed by atoms with Gasteiger partial charge in [-0.3, -0.25) is 0 Å². The predicted molar refractivity (Wildman–Crippen MR) is 211 cm³/mol. The number of halogens is 2. The molecule has 0 radical (unpaired) electrons. The van der Waals surface area contributed by atoms with Gasteiger partial charge in [-0.05, 0) is 51.0 Å². The van der Waals surface area contributed by atoms with Gasteiger partial charge in [0.1, 0.15) is 24.4 Å². The fraction of sp³-hybridized carbons (Fsp3) is 0.400. The molecule has 7 nitrogen and oxygen atoms in total. The molecule has 0 spiro atoms. The fourth-order valence-corrected chi connectivity index (χ4v) is 7.17. The highest BCUT2D eigenvalue weighted by Gasteiger charge is 2.45. The van der Waals surface area contributed by atoms with Crippen molar-refractivity contribution in [2.45, 2.75) is 104 Å². The lowest BCUT2D eigenvalue weighted by Crippen LogP contribution is -2.53. The molecular weight excluding hydrogens is 751 g/mol. The van der Waals surface area contributed by atoms with Crippen LogP contribution >= 0.6 is 15.9 Å². The van der Waals surface area contributed by atoms with Gasteiger partial charge in [-0.2, -0.15) is 4.39 Å². The van der Waals surface area contributed by atoms with Gasteiger partial charge in [0.05, 0.1) is 32.5 Å². The highest BCUT2D eigenvalue weighted by atomic mass is 79.9. The van der Waals surface area contributed by atoms with Crippen molar-refractivity contribution in [3.63, 3.8) is 0 Å². The van der Waals surface area contributed by atoms with E-state index in [9.17, 15) is 9.18 Å². The molecule has 0 aromatic heterocycles. The average Bonchev–Trinajstić information content (AvgIpc) is 3.21. The Morgan fingerprint density at radius 3 is 1.26 bits per heavy atom. The Bertz CT molecular complexity index is 1710. The van der Waals surface area contributed by atoms with E-state index in [-0.39, 0.29) is 48.0 Å². The molecule has 2 saturated heterocycles. The third-order valence-electron chi connectivity index (χ3n) is 9.95. The van der Waals surface area contributed by atoms with E-state index in [0.717, 1.165) is 35.1 Å². The second-order valence-corrected chi connectivity index (χ2v) is 14.4. The van der Waals surface area contributed by atoms with Crippen LogP contribution in [0.15, 0.2) is 132 Å². The zero-order valence-corrected chi connectivity index (χ0v) is 33.1. The fourth-order valence-electron chi connectivity index (χ4n) is 6.85. The van der Waals surface area contributed by atoms with Crippen molar-refractivity contribution < 1.29 is 37.6 Å². The summed E-state index contributed by atoms with van der Waals surface area (Å²) in [5.41, 5.74) is 4.19. The average molecular weight is 804 g/mol. The largest absolute Gasteiger partial charge is 0.488 e. The van der Waals surface area contributed by atoms with Crippen molar-refractivity contribution in [1.29, 1.82) is 0 Å². The Labute approximate surface area is 327 Å². The summed E-state index contributed by atoms with van der Waals surface area (Å²) in [5, 5.41) is 0. The summed E-state index contributed by atoms with van der Waals surface area (Å²) in [6.07, 6.45) is -0.718. The normalized spacial score (nSPS) is 26.1. The number of carbonyl (C=O) groups excluding carboxylic acids is 1. The molecule has 0 aliphatic carbocycles. The Hall–Kier alpha value is -3.86. The first kappa shape index (κ1) is 41.3. The predicted octanol–water partition coefficient (Wildman–Crippen LogP) is 10.3. The molecule has 288 valence electrons. The first-order valence-electron chi connectivity index (χ1n) is 18.8. The lowest BCUT2D eigenvalue weighted by atomic mass is 9.88. The van der Waals surface area contributed by atoms with E-state index in [2.05, 4.69) is 29.8 Å². The Morgan fingerprint density at radius 1 is 0.556 bits per heavy atom. The molecule has 9 heteroatoms. The summed E-state index contributed by atoms with van der Waals surface area (Å²) in [7, 11) is 0. The molecule has 0 saturated carbocycles. The highest BCUT2D eigenvalue weighted by Crippen LogP contribution is 2.38. The number of esters is 1. The van der Waals surface area contributed by atoms with E-state index in [1.807, 2.05) is 135 Å². The van der Waals surface area contributed by atoms with Gasteiger partial charge >= 0.3 is 5.97 Å². The molecule has 2 aliphatic rings. The van der Waals surface area contributed by atoms with Crippen molar-refractivity contribution in [1.82, 2.24) is 0 Å². The molecule has 0 unspecified atom stereocenters. The summed E-state index contributed by atoms with van der Waals surface area (Å²) in [6.45, 7) is 9.79. The minimum atomic E-state index is -0.711. The third kappa shape index (κ3) is 11.6. The second-order valence-electron chi connectivity index (χ2n) is 13.7. The minimum Gasteiger partial charge on any atom is -0.488 e. The van der Waals surface area contributed by atoms with Crippen molar-refractivity contribution in [2.75, 3.05) is 0 Å². The molecule has 6 rings (SSSR count). The summed E-state index contributed by atoms with van der Waals surface area (Å²) >= 11 is 2.96. The van der Waals surface area contributed by atoms with Gasteiger partial charge in [-0.25, -0.2) is 4.79 Å². The van der Waals surface area contributed by atoms with Crippen LogP contribution in [0.25, 0.3) is 0 Å². The van der Waals surface area contributed by atoms with E-state index in [4.69, 9.17) is 28.4 Å². The van der Waals surface area contributed by atoms with Crippen LogP contribution in [0.2, 0.25) is 0 Å². The van der Waals surface area contributed by atoms with Crippen LogP contribution in [0.3, 0.4) is 0 Å². The van der Waals surface area contributed by atoms with Crippen LogP contribution in [-0.2, 0) is 59.6 Å². The zero-order valence-electron chi connectivity index (χ0n) is 31.5. The minimum absolute atomic E-state index is 0.0603. The van der Waals surface area contributed by atoms with Crippen LogP contribution in [0.5, 0.6) is 0 Å². The topological polar surface area (TPSA) is 72.5 Å². The molecule has 2 fully saturated rings. The van der Waals surface area contributed by atoms with Gasteiger partial charge in [0, 0.05) is 11.8 Å². The summed E-state index contributed by atoms with van der Waals surface area (Å²) < 4.78 is 49.8. The first-order valence-corrected chi connectivity index (χ1v) is 19.6. The lowest BCUT2D eigenvalue weighted by Gasteiger charge is -2.42. The van der Waals surface area contributed by atoms with Crippen LogP contribution in [0, 0.1) is 11.8 Å². The third-order valence-corrected chi connectivity index (χ3v) is 10.3. The van der Waals surface area contributed by atoms with Crippen LogP contribution < -0.4 is 0 Å². The Balaban J connectivity index is 0.000000208. The number of ether oxygens (including phenoxy) is 6. The monoisotopic (exact) mass is 802 g/mol. The molecular formula is C45H52BrFO7. The molecule has 54 heavy (non-hydrogen) atoms. The van der Waals surface area contributed by atoms with Gasteiger partial charge in [-0.15, -0.1) is 0 Å². The number of hydrogen-bond donors (Lipinski definition) is 0. The van der Waals surface area contributed by atoms with Crippen molar-refractivity contribution in [2.24, 2.45) is 11.8 Å². The number of cyclic esters (lactones) is 1. The van der Waals surface area contributed by atoms with Crippen molar-refractivity contribution >= 4 is 21.9 Å². The summed E-state index contributed by atoms with van der Waals surface area (Å²) in [6, 6.07) is 39.6. The maximum atomic E-state index is 14.3. The van der Waals surface area contributed by atoms with Crippen molar-refractivity contribution in [3.8, 4) is 0 Å². The molecule has 2 aliphatic heterocycles. The van der Waals surface area contributed by atoms with E-state index < -0.39 is 16.9 Å². The molecule has 4 aromatic rings. The standard InChI is InChI=1S/C23H26BrFO3.C22H26O4/c1-3-19-16(2)20(26-14-17-10-6-4-7-11-17)21(22(28-19)23(24)25)27-15-18-12-8-5-9-13-18;1-3-19-16(2)20(24-14-17-10-6-4-7-11-17)21(22(23)26-19)25-15-18-12-8-5-9-13-18/h4-13,16,19-21H,3,14-15H2,1-2H3;4-13,16,19-21H,3,14-15H2,1-2H3/t2*16-,19-,20+,21-/m11/s1. The molecule has 0 bridgehead atoms. The quantitative estimate of drug-likeness (QED) is 0.118. The molecule has 0 amide bonds. The maximum Gasteiger partial charge on any atom is 0.338 e. The molecule has 4 aromatic carbocycles. The van der Waals surface area contributed by atoms with Gasteiger partial charge in [0.2, 0.25) is 4.74 Å². The maximum absolute atomic E-state index is 14.3. The lowest BCUT2D eigenvalue weighted by molar-refractivity contribution is -0.207. The zero-order chi connectivity index (χ0) is 38.3. The van der Waals surface area contributed by atoms with Gasteiger partial charge < -0.3 is 28.4 Å². The Morgan fingerprint density at radius 2 is 0.889 bits per heavy atom. The van der Waals surface area contributed by atoms with Crippen LogP contribution in [-0.4, -0.2) is 42.6 Å². The van der Waals surface area contributed by atoms with E-state index in [1.54, 1.807) is 0 Å². The molecule has 8 atom stereocenters. The number of carbonyl (C=O) groups is 1. The van der Waals surface area contributed by atoms with E-state index in [0.29, 0.717) is 26.4 Å². The first-order chi connectivity index (χ1) is 26.3. The number of rotatable bonds is 14. The van der Waals surface area contributed by atoms with Crippen molar-refractivity contribution in [3.05, 3.63) is 154 Å². The van der Waals surface area contributed by atoms with E-state index in [1.165, 1.54) is 0 Å². The van der Waals surface area contributed by atoms with Gasteiger partial charge in [0.25, 0.3) is 0 Å². The summed E-state index contributed by atoms with van der Waals surface area (Å²) in [5.74, 6) is -0.0184. The number of hydrogen-bond acceptors (Lipinski definition) is 7. The SMILES string of the molecule is CC[C@H]1OC(=C(F)Br)[C@H](OCc2ccccc2)[C@@H](OCc2ccccc2)[C@@H]1C.CC[C@H]1OC(=O)[C@H](OCc2ccccc2)[C@@H](OCc2ccccc2)[C@@H]1C. The smallest absolute Gasteiger partial charge is 0.338 e. The van der Waals surface area contributed by atoms with Crippen LogP contribution in [0.1, 0.15) is 62.8 Å². The summed E-state index contributed by atoms with van der Waals surface area (Å²) in [4.78, 5) is 12.5. The molecule has 2 heterocycles. The molecule has 0 N–H and O–H groups in total. The number of benzene rings is 4. The Kier molecular flexibility index (Phi) is 16.3. The highest BCUT2D eigenvalue weighted by molar-refractivity contribution is 9.11. The van der Waals surface area contributed by atoms with Gasteiger partial charge in [-0.1, -0.05) is 149 Å². The van der Waals surface area contributed by atoms with E-state index >= 15 is 0 Å². The van der Waals surface area contributed by atoms with Crippen LogP contribution in [0.4, 0.5) is 4.39 Å². The second kappa shape index (κ2) is 21.3.